The fourth-order valence-corrected chi connectivity index (χ4v) is 5.19. The van der Waals surface area contributed by atoms with E-state index >= 15 is 0 Å². The van der Waals surface area contributed by atoms with Crippen molar-refractivity contribution in [3.63, 3.8) is 0 Å². The minimum Gasteiger partial charge on any atom is -0.497 e. The first-order chi connectivity index (χ1) is 17.7. The Bertz CT molecular complexity index is 1280. The quantitative estimate of drug-likeness (QED) is 0.331. The van der Waals surface area contributed by atoms with E-state index in [0.717, 1.165) is 22.0 Å². The molecule has 0 saturated carbocycles. The standard InChI is InChI=1S/C28H34N2O6S/c1-21(2)36-24-11-7-9-22(19-24)10-8-18-29-28(31)20-30(26-12-5-6-13-27(26)35-4)37(32,33)25-16-14-23(34-3)15-17-25/h5-7,9,11-17,19,21H,8,10,18,20H2,1-4H3,(H,29,31). The Labute approximate surface area is 219 Å². The zero-order valence-corrected chi connectivity index (χ0v) is 22.5. The van der Waals surface area contributed by atoms with Gasteiger partial charge in [0, 0.05) is 6.54 Å². The summed E-state index contributed by atoms with van der Waals surface area (Å²) < 4.78 is 44.5. The number of hydrogen-bond donors (Lipinski definition) is 1. The van der Waals surface area contributed by atoms with Gasteiger partial charge in [-0.15, -0.1) is 0 Å². The summed E-state index contributed by atoms with van der Waals surface area (Å²) in [5, 5.41) is 2.84. The molecule has 3 aromatic carbocycles. The van der Waals surface area contributed by atoms with Crippen molar-refractivity contribution in [3.05, 3.63) is 78.4 Å². The van der Waals surface area contributed by atoms with E-state index < -0.39 is 22.5 Å². The van der Waals surface area contributed by atoms with Crippen LogP contribution in [0.15, 0.2) is 77.7 Å². The third-order valence-corrected chi connectivity index (χ3v) is 7.30. The molecule has 9 heteroatoms. The molecule has 0 radical (unpaired) electrons. The molecule has 1 amide bonds. The molecule has 0 aliphatic heterocycles. The zero-order chi connectivity index (χ0) is 26.8. The Hall–Kier alpha value is -3.72. The van der Waals surface area contributed by atoms with E-state index in [1.54, 1.807) is 36.4 Å². The predicted octanol–water partition coefficient (Wildman–Crippen LogP) is 4.44. The molecule has 8 nitrogen and oxygen atoms in total. The molecule has 3 aromatic rings. The summed E-state index contributed by atoms with van der Waals surface area (Å²) in [5.41, 5.74) is 1.38. The minimum atomic E-state index is -4.07. The van der Waals surface area contributed by atoms with Crippen molar-refractivity contribution in [1.82, 2.24) is 5.32 Å². The Morgan fingerprint density at radius 2 is 1.65 bits per heavy atom. The monoisotopic (exact) mass is 526 g/mol. The highest BCUT2D eigenvalue weighted by atomic mass is 32.2. The molecule has 0 fully saturated rings. The van der Waals surface area contributed by atoms with Gasteiger partial charge in [-0.2, -0.15) is 0 Å². The van der Waals surface area contributed by atoms with Crippen molar-refractivity contribution in [2.24, 2.45) is 0 Å². The van der Waals surface area contributed by atoms with Gasteiger partial charge >= 0.3 is 0 Å². The third kappa shape index (κ3) is 7.63. The molecule has 37 heavy (non-hydrogen) atoms. The Morgan fingerprint density at radius 1 is 0.919 bits per heavy atom. The van der Waals surface area contributed by atoms with Crippen LogP contribution in [0, 0.1) is 0 Å². The maximum Gasteiger partial charge on any atom is 0.264 e. The number of carbonyl (C=O) groups excluding carboxylic acids is 1. The molecule has 3 rings (SSSR count). The summed E-state index contributed by atoms with van der Waals surface area (Å²) in [6.45, 7) is 3.96. The van der Waals surface area contributed by atoms with Gasteiger partial charge in [-0.1, -0.05) is 24.3 Å². The lowest BCUT2D eigenvalue weighted by Crippen LogP contribution is -2.41. The van der Waals surface area contributed by atoms with Crippen molar-refractivity contribution < 1.29 is 27.4 Å². The number of para-hydroxylation sites is 2. The molecule has 0 aromatic heterocycles. The van der Waals surface area contributed by atoms with Gasteiger partial charge in [0.1, 0.15) is 23.8 Å². The fraction of sp³-hybridized carbons (Fsp3) is 0.321. The van der Waals surface area contributed by atoms with Gasteiger partial charge < -0.3 is 19.5 Å². The number of anilines is 1. The molecule has 0 unspecified atom stereocenters. The summed E-state index contributed by atoms with van der Waals surface area (Å²) in [4.78, 5) is 12.9. The first-order valence-electron chi connectivity index (χ1n) is 12.1. The van der Waals surface area contributed by atoms with E-state index in [1.165, 1.54) is 26.4 Å². The second-order valence-corrected chi connectivity index (χ2v) is 10.5. The maximum absolute atomic E-state index is 13.6. The molecule has 198 valence electrons. The van der Waals surface area contributed by atoms with Crippen LogP contribution >= 0.6 is 0 Å². The number of nitrogens with zero attached hydrogens (tertiary/aromatic N) is 1. The molecule has 0 spiro atoms. The number of methoxy groups -OCH3 is 2. The van der Waals surface area contributed by atoms with Crippen LogP contribution in [0.25, 0.3) is 0 Å². The lowest BCUT2D eigenvalue weighted by Gasteiger charge is -2.25. The number of aryl methyl sites for hydroxylation is 1. The minimum absolute atomic E-state index is 0.0375. The molecule has 0 bridgehead atoms. The van der Waals surface area contributed by atoms with E-state index in [2.05, 4.69) is 5.32 Å². The number of carbonyl (C=O) groups is 1. The Balaban J connectivity index is 1.71. The number of hydrogen-bond acceptors (Lipinski definition) is 6. The highest BCUT2D eigenvalue weighted by molar-refractivity contribution is 7.92. The Morgan fingerprint density at radius 3 is 2.32 bits per heavy atom. The smallest absolute Gasteiger partial charge is 0.264 e. The molecule has 0 atom stereocenters. The molecule has 1 N–H and O–H groups in total. The van der Waals surface area contributed by atoms with Gasteiger partial charge in [-0.3, -0.25) is 9.10 Å². The molecule has 0 aliphatic rings. The van der Waals surface area contributed by atoms with E-state index in [1.807, 2.05) is 38.1 Å². The lowest BCUT2D eigenvalue weighted by atomic mass is 10.1. The predicted molar refractivity (Wildman–Crippen MR) is 144 cm³/mol. The number of benzene rings is 3. The van der Waals surface area contributed by atoms with Crippen LogP contribution in [-0.4, -0.2) is 47.7 Å². The van der Waals surface area contributed by atoms with Crippen molar-refractivity contribution in [1.29, 1.82) is 0 Å². The first kappa shape index (κ1) is 27.9. The normalized spacial score (nSPS) is 11.2. The highest BCUT2D eigenvalue weighted by Gasteiger charge is 2.29. The van der Waals surface area contributed by atoms with Gasteiger partial charge in [0.15, 0.2) is 0 Å². The number of rotatable bonds is 13. The summed E-state index contributed by atoms with van der Waals surface area (Å²) in [6.07, 6.45) is 1.53. The van der Waals surface area contributed by atoms with Crippen LogP contribution in [0.4, 0.5) is 5.69 Å². The third-order valence-electron chi connectivity index (χ3n) is 5.52. The van der Waals surface area contributed by atoms with Gasteiger partial charge in [-0.05, 0) is 80.8 Å². The van der Waals surface area contributed by atoms with E-state index in [4.69, 9.17) is 14.2 Å². The number of amides is 1. The topological polar surface area (TPSA) is 94.2 Å². The van der Waals surface area contributed by atoms with Crippen LogP contribution in [0.1, 0.15) is 25.8 Å². The average molecular weight is 527 g/mol. The van der Waals surface area contributed by atoms with Crippen LogP contribution in [-0.2, 0) is 21.2 Å². The number of ether oxygens (including phenoxy) is 3. The van der Waals surface area contributed by atoms with Crippen LogP contribution in [0.3, 0.4) is 0 Å². The summed E-state index contributed by atoms with van der Waals surface area (Å²) >= 11 is 0. The second kappa shape index (κ2) is 13.0. The summed E-state index contributed by atoms with van der Waals surface area (Å²) in [5.74, 6) is 1.27. The summed E-state index contributed by atoms with van der Waals surface area (Å²) in [6, 6.07) is 20.6. The van der Waals surface area contributed by atoms with Gasteiger partial charge in [-0.25, -0.2) is 8.42 Å². The molecule has 0 saturated heterocycles. The fourth-order valence-electron chi connectivity index (χ4n) is 3.76. The van der Waals surface area contributed by atoms with Crippen molar-refractivity contribution in [2.45, 2.75) is 37.7 Å². The number of nitrogens with one attached hydrogen (secondary N) is 1. The largest absolute Gasteiger partial charge is 0.497 e. The Kier molecular flexibility index (Phi) is 9.79. The maximum atomic E-state index is 13.6. The van der Waals surface area contributed by atoms with Crippen molar-refractivity contribution >= 4 is 21.6 Å². The first-order valence-corrected chi connectivity index (χ1v) is 13.5. The van der Waals surface area contributed by atoms with Gasteiger partial charge in [0.05, 0.1) is 30.9 Å². The van der Waals surface area contributed by atoms with Crippen molar-refractivity contribution in [3.8, 4) is 17.2 Å². The van der Waals surface area contributed by atoms with Gasteiger partial charge in [0.25, 0.3) is 10.0 Å². The molecular formula is C28H34N2O6S. The summed E-state index contributed by atoms with van der Waals surface area (Å²) in [7, 11) is -1.11. The van der Waals surface area contributed by atoms with Crippen LogP contribution in [0.2, 0.25) is 0 Å². The van der Waals surface area contributed by atoms with Gasteiger partial charge in [0.2, 0.25) is 5.91 Å². The highest BCUT2D eigenvalue weighted by Crippen LogP contribution is 2.32. The van der Waals surface area contributed by atoms with Crippen LogP contribution < -0.4 is 23.8 Å². The van der Waals surface area contributed by atoms with E-state index in [0.29, 0.717) is 24.5 Å². The second-order valence-electron chi connectivity index (χ2n) is 8.63. The van der Waals surface area contributed by atoms with Crippen molar-refractivity contribution in [2.75, 3.05) is 31.6 Å². The SMILES string of the molecule is COc1ccc(S(=O)(=O)N(CC(=O)NCCCc2cccc(OC(C)C)c2)c2ccccc2OC)cc1. The van der Waals surface area contributed by atoms with E-state index in [-0.39, 0.29) is 16.7 Å². The molecular weight excluding hydrogens is 492 g/mol. The van der Waals surface area contributed by atoms with Crippen LogP contribution in [0.5, 0.6) is 17.2 Å². The molecule has 0 heterocycles. The molecule has 0 aliphatic carbocycles. The number of sulfonamides is 1. The van der Waals surface area contributed by atoms with E-state index in [9.17, 15) is 13.2 Å². The zero-order valence-electron chi connectivity index (χ0n) is 21.6. The average Bonchev–Trinajstić information content (AvgIpc) is 2.89. The lowest BCUT2D eigenvalue weighted by molar-refractivity contribution is -0.119.